The molecule has 0 amide bonds. The second-order valence-corrected chi connectivity index (χ2v) is 6.99. The van der Waals surface area contributed by atoms with Crippen molar-refractivity contribution in [3.8, 4) is 0 Å². The van der Waals surface area contributed by atoms with Crippen molar-refractivity contribution in [3.63, 3.8) is 0 Å². The van der Waals surface area contributed by atoms with Gasteiger partial charge in [-0.25, -0.2) is 0 Å². The van der Waals surface area contributed by atoms with Gasteiger partial charge < -0.3 is 15.3 Å². The van der Waals surface area contributed by atoms with Crippen molar-refractivity contribution in [2.45, 2.75) is 47.0 Å². The third-order valence-electron chi connectivity index (χ3n) is 4.68. The van der Waals surface area contributed by atoms with E-state index in [9.17, 15) is 14.4 Å². The van der Waals surface area contributed by atoms with Gasteiger partial charge in [0.15, 0.2) is 0 Å². The molecule has 1 aromatic rings. The van der Waals surface area contributed by atoms with Gasteiger partial charge in [-0.1, -0.05) is 65.0 Å². The number of hydrogen-bond donors (Lipinski definition) is 3. The topological polar surface area (TPSA) is 112 Å². The molecule has 0 radical (unpaired) electrons. The van der Waals surface area contributed by atoms with E-state index in [1.165, 1.54) is 6.92 Å². The molecule has 0 aliphatic heterocycles. The van der Waals surface area contributed by atoms with E-state index in [2.05, 4.69) is 0 Å². The van der Waals surface area contributed by atoms with Gasteiger partial charge in [-0.05, 0) is 23.8 Å². The monoisotopic (exact) mass is 366 g/mol. The first-order chi connectivity index (χ1) is 12.0. The first kappa shape index (κ1) is 23.6. The molecule has 1 aromatic carbocycles. The Kier molecular flexibility index (Phi) is 10.3. The number of carboxylic acids is 3. The fraction of sp³-hybridized carbons (Fsp3) is 0.550. The van der Waals surface area contributed by atoms with Crippen LogP contribution in [0.2, 0.25) is 0 Å². The van der Waals surface area contributed by atoms with Crippen LogP contribution >= 0.6 is 0 Å². The highest BCUT2D eigenvalue weighted by Gasteiger charge is 2.31. The van der Waals surface area contributed by atoms with Crippen molar-refractivity contribution in [2.75, 3.05) is 0 Å². The number of benzene rings is 1. The van der Waals surface area contributed by atoms with Crippen LogP contribution in [0.1, 0.15) is 52.5 Å². The molecule has 0 saturated heterocycles. The van der Waals surface area contributed by atoms with E-state index in [1.807, 2.05) is 51.1 Å². The fourth-order valence-corrected chi connectivity index (χ4v) is 2.27. The van der Waals surface area contributed by atoms with Crippen molar-refractivity contribution in [1.82, 2.24) is 0 Å². The highest BCUT2D eigenvalue weighted by molar-refractivity contribution is 5.79. The first-order valence-corrected chi connectivity index (χ1v) is 8.72. The van der Waals surface area contributed by atoms with Crippen LogP contribution in [0.15, 0.2) is 30.3 Å². The lowest BCUT2D eigenvalue weighted by molar-refractivity contribution is -0.153. The largest absolute Gasteiger partial charge is 0.481 e. The second kappa shape index (κ2) is 11.3. The summed E-state index contributed by atoms with van der Waals surface area (Å²) < 4.78 is 0. The molecule has 0 aliphatic carbocycles. The van der Waals surface area contributed by atoms with Gasteiger partial charge in [0.05, 0.1) is 17.8 Å². The van der Waals surface area contributed by atoms with Gasteiger partial charge >= 0.3 is 17.9 Å². The summed E-state index contributed by atoms with van der Waals surface area (Å²) in [7, 11) is 0. The molecular weight excluding hydrogens is 336 g/mol. The van der Waals surface area contributed by atoms with Crippen molar-refractivity contribution >= 4 is 17.9 Å². The molecule has 1 rings (SSSR count). The lowest BCUT2D eigenvalue weighted by Crippen LogP contribution is -2.28. The molecule has 0 fully saturated rings. The predicted molar refractivity (Wildman–Crippen MR) is 99.0 cm³/mol. The molecule has 146 valence electrons. The van der Waals surface area contributed by atoms with E-state index in [1.54, 1.807) is 6.92 Å². The van der Waals surface area contributed by atoms with Crippen LogP contribution in [0.5, 0.6) is 0 Å². The van der Waals surface area contributed by atoms with Gasteiger partial charge in [-0.3, -0.25) is 14.4 Å². The second-order valence-electron chi connectivity index (χ2n) is 6.99. The maximum Gasteiger partial charge on any atom is 0.307 e. The van der Waals surface area contributed by atoms with E-state index >= 15 is 0 Å². The summed E-state index contributed by atoms with van der Waals surface area (Å²) in [5.74, 6) is -4.52. The summed E-state index contributed by atoms with van der Waals surface area (Å²) in [6.07, 6.45) is 0.326. The molecule has 6 nitrogen and oxygen atoms in total. The zero-order chi connectivity index (χ0) is 20.4. The van der Waals surface area contributed by atoms with Crippen LogP contribution < -0.4 is 0 Å². The Morgan fingerprint density at radius 1 is 0.769 bits per heavy atom. The Hall–Kier alpha value is -2.37. The fourth-order valence-electron chi connectivity index (χ4n) is 2.27. The standard InChI is InChI=1S/C14H18O4.C6H12O2/c1-9(11-6-4-3-5-7-11)8-12(14(17)18)10(2)13(15)16;1-4(2)5(3)6(7)8/h3-7,9-10,12H,8H2,1-2H3,(H,15,16)(H,17,18);4-5H,1-3H3,(H,7,8). The van der Waals surface area contributed by atoms with Gasteiger partial charge in [-0.15, -0.1) is 0 Å². The number of aliphatic carboxylic acids is 3. The molecule has 0 aliphatic rings. The molecule has 0 spiro atoms. The van der Waals surface area contributed by atoms with Crippen molar-refractivity contribution in [2.24, 2.45) is 23.7 Å². The van der Waals surface area contributed by atoms with Crippen molar-refractivity contribution < 1.29 is 29.7 Å². The van der Waals surface area contributed by atoms with Gasteiger partial charge in [0.25, 0.3) is 0 Å². The highest BCUT2D eigenvalue weighted by Crippen LogP contribution is 2.27. The van der Waals surface area contributed by atoms with E-state index in [0.717, 1.165) is 5.56 Å². The predicted octanol–water partition coefficient (Wildman–Crippen LogP) is 3.96. The van der Waals surface area contributed by atoms with Gasteiger partial charge in [0.2, 0.25) is 0 Å². The summed E-state index contributed by atoms with van der Waals surface area (Å²) >= 11 is 0. The van der Waals surface area contributed by atoms with E-state index in [0.29, 0.717) is 6.42 Å². The summed E-state index contributed by atoms with van der Waals surface area (Å²) in [6.45, 7) is 8.88. The first-order valence-electron chi connectivity index (χ1n) is 8.72. The quantitative estimate of drug-likeness (QED) is 0.642. The zero-order valence-electron chi connectivity index (χ0n) is 16.0. The van der Waals surface area contributed by atoms with Crippen molar-refractivity contribution in [3.05, 3.63) is 35.9 Å². The number of rotatable bonds is 8. The third-order valence-corrected chi connectivity index (χ3v) is 4.68. The van der Waals surface area contributed by atoms with Crippen LogP contribution in [0.3, 0.4) is 0 Å². The Morgan fingerprint density at radius 2 is 1.23 bits per heavy atom. The molecule has 6 heteroatoms. The van der Waals surface area contributed by atoms with Gasteiger partial charge in [0, 0.05) is 0 Å². The molecule has 4 unspecified atom stereocenters. The Labute approximate surface area is 154 Å². The maximum atomic E-state index is 11.1. The van der Waals surface area contributed by atoms with Crippen molar-refractivity contribution in [1.29, 1.82) is 0 Å². The van der Waals surface area contributed by atoms with Crippen LogP contribution in [-0.2, 0) is 14.4 Å². The van der Waals surface area contributed by atoms with Crippen LogP contribution in [0, 0.1) is 23.7 Å². The number of hydrogen-bond acceptors (Lipinski definition) is 3. The van der Waals surface area contributed by atoms with E-state index in [-0.39, 0.29) is 17.8 Å². The Bertz CT molecular complexity index is 581. The SMILES string of the molecule is CC(C)C(C)C(=O)O.CC(CC(C(=O)O)C(C)C(=O)O)c1ccccc1. The summed E-state index contributed by atoms with van der Waals surface area (Å²) in [5.41, 5.74) is 1.03. The Morgan fingerprint density at radius 3 is 1.54 bits per heavy atom. The molecule has 0 bridgehead atoms. The average Bonchev–Trinajstić information content (AvgIpc) is 2.58. The zero-order valence-corrected chi connectivity index (χ0v) is 16.0. The lowest BCUT2D eigenvalue weighted by Gasteiger charge is -2.20. The summed E-state index contributed by atoms with van der Waals surface area (Å²) in [5, 5.41) is 26.4. The van der Waals surface area contributed by atoms with Crippen LogP contribution in [0.25, 0.3) is 0 Å². The smallest absolute Gasteiger partial charge is 0.307 e. The molecule has 0 heterocycles. The molecule has 0 saturated carbocycles. The third kappa shape index (κ3) is 8.14. The minimum atomic E-state index is -1.07. The highest BCUT2D eigenvalue weighted by atomic mass is 16.4. The summed E-state index contributed by atoms with van der Waals surface area (Å²) in [6, 6.07) is 9.53. The number of carboxylic acid groups (broad SMARTS) is 3. The Balaban J connectivity index is 0.000000660. The van der Waals surface area contributed by atoms with E-state index in [4.69, 9.17) is 15.3 Å². The van der Waals surface area contributed by atoms with Gasteiger partial charge in [0.1, 0.15) is 0 Å². The normalized spacial score (nSPS) is 15.2. The lowest BCUT2D eigenvalue weighted by atomic mass is 9.83. The molecular formula is C20H30O6. The van der Waals surface area contributed by atoms with Gasteiger partial charge in [-0.2, -0.15) is 0 Å². The molecule has 3 N–H and O–H groups in total. The summed E-state index contributed by atoms with van der Waals surface area (Å²) in [4.78, 5) is 32.2. The minimum Gasteiger partial charge on any atom is -0.481 e. The van der Waals surface area contributed by atoms with E-state index < -0.39 is 29.7 Å². The molecule has 26 heavy (non-hydrogen) atoms. The number of carbonyl (C=O) groups is 3. The molecule has 4 atom stereocenters. The van der Waals surface area contributed by atoms with Crippen LogP contribution in [0.4, 0.5) is 0 Å². The van der Waals surface area contributed by atoms with Crippen LogP contribution in [-0.4, -0.2) is 33.2 Å². The molecule has 0 aromatic heterocycles. The minimum absolute atomic E-state index is 0.0223. The average molecular weight is 366 g/mol. The maximum absolute atomic E-state index is 11.1.